The second kappa shape index (κ2) is 6.67. The smallest absolute Gasteiger partial charge is 0.317 e. The molecule has 0 unspecified atom stereocenters. The zero-order valence-corrected chi connectivity index (χ0v) is 16.5. The van der Waals surface area contributed by atoms with Crippen LogP contribution in [0.25, 0.3) is 0 Å². The summed E-state index contributed by atoms with van der Waals surface area (Å²) in [7, 11) is 0. The van der Waals surface area contributed by atoms with Crippen LogP contribution in [-0.2, 0) is 16.6 Å². The van der Waals surface area contributed by atoms with E-state index in [9.17, 15) is 20.1 Å². The summed E-state index contributed by atoms with van der Waals surface area (Å²) in [5.74, 6) is -0.0821. The molecule has 29 heavy (non-hydrogen) atoms. The molecule has 0 spiro atoms. The third-order valence-corrected chi connectivity index (χ3v) is 7.93. The first-order valence-electron chi connectivity index (χ1n) is 10.7. The van der Waals surface area contributed by atoms with Gasteiger partial charge in [-0.2, -0.15) is 0 Å². The highest BCUT2D eigenvalue weighted by atomic mass is 16.4. The van der Waals surface area contributed by atoms with Gasteiger partial charge in [0.25, 0.3) is 0 Å². The Morgan fingerprint density at radius 1 is 1.28 bits per heavy atom. The van der Waals surface area contributed by atoms with Crippen molar-refractivity contribution in [2.24, 2.45) is 5.92 Å². The molecule has 0 radical (unpaired) electrons. The molecular weight excluding hydrogens is 372 g/mol. The Hall–Kier alpha value is -1.67. The van der Waals surface area contributed by atoms with Crippen molar-refractivity contribution in [3.8, 4) is 5.75 Å². The van der Waals surface area contributed by atoms with Gasteiger partial charge in [0.2, 0.25) is 0 Å². The zero-order chi connectivity index (χ0) is 20.4. The quantitative estimate of drug-likeness (QED) is 0.490. The van der Waals surface area contributed by atoms with Crippen molar-refractivity contribution in [1.82, 2.24) is 10.2 Å². The number of rotatable bonds is 5. The minimum absolute atomic E-state index is 0.0597. The fraction of sp³-hybridized carbons (Fsp3) is 0.682. The fourth-order valence-electron chi connectivity index (χ4n) is 6.36. The van der Waals surface area contributed by atoms with Gasteiger partial charge in [-0.1, -0.05) is 6.07 Å². The molecule has 7 heteroatoms. The molecule has 158 valence electrons. The number of nitrogens with zero attached hydrogens (tertiary/aromatic N) is 1. The number of piperidine rings is 1. The average molecular weight is 402 g/mol. The molecule has 7 nitrogen and oxygen atoms in total. The summed E-state index contributed by atoms with van der Waals surface area (Å²) in [4.78, 5) is 13.5. The topological polar surface area (TPSA) is 113 Å². The highest BCUT2D eigenvalue weighted by Crippen LogP contribution is 2.58. The number of benzene rings is 1. The van der Waals surface area contributed by atoms with E-state index in [0.717, 1.165) is 30.6 Å². The van der Waals surface area contributed by atoms with Crippen LogP contribution in [0.4, 0.5) is 0 Å². The second-order valence-corrected chi connectivity index (χ2v) is 9.61. The number of aliphatic hydroxyl groups excluding tert-OH is 1. The van der Waals surface area contributed by atoms with Gasteiger partial charge in [0, 0.05) is 24.0 Å². The molecule has 4 aliphatic rings. The van der Waals surface area contributed by atoms with Crippen molar-refractivity contribution < 1.29 is 25.2 Å². The number of carboxylic acid groups (broad SMARTS) is 1. The third-order valence-electron chi connectivity index (χ3n) is 7.93. The lowest BCUT2D eigenvalue weighted by Gasteiger charge is -2.65. The number of nitrogens with one attached hydrogen (secondary N) is 1. The van der Waals surface area contributed by atoms with Crippen molar-refractivity contribution >= 4 is 5.97 Å². The molecule has 2 bridgehead atoms. The highest BCUT2D eigenvalue weighted by Gasteiger charge is 2.66. The number of hydrogen-bond donors (Lipinski definition) is 5. The number of aliphatic carboxylic acids is 1. The van der Waals surface area contributed by atoms with Crippen LogP contribution in [0, 0.1) is 5.92 Å². The SMILES string of the molecule is O=C(O)CN[C@@H]1C[C@@]2(O)[C@H]3Cc4ccc(O)cc4[C@@]2(CCN3CC2CC2)C[C@@H]1O. The van der Waals surface area contributed by atoms with Crippen molar-refractivity contribution in [2.75, 3.05) is 19.6 Å². The van der Waals surface area contributed by atoms with Gasteiger partial charge >= 0.3 is 5.97 Å². The predicted octanol–water partition coefficient (Wildman–Crippen LogP) is 0.599. The average Bonchev–Trinajstić information content (AvgIpc) is 3.47. The largest absolute Gasteiger partial charge is 0.508 e. The lowest BCUT2D eigenvalue weighted by Crippen LogP contribution is -2.76. The summed E-state index contributed by atoms with van der Waals surface area (Å²) >= 11 is 0. The van der Waals surface area contributed by atoms with Crippen LogP contribution in [0.5, 0.6) is 5.75 Å². The van der Waals surface area contributed by atoms with Crippen LogP contribution in [0.15, 0.2) is 18.2 Å². The monoisotopic (exact) mass is 402 g/mol. The summed E-state index contributed by atoms with van der Waals surface area (Å²) in [6.07, 6.45) is 3.86. The summed E-state index contributed by atoms with van der Waals surface area (Å²) in [5, 5.41) is 45.3. The van der Waals surface area contributed by atoms with Gasteiger partial charge in [-0.05, 0) is 74.2 Å². The van der Waals surface area contributed by atoms with Crippen molar-refractivity contribution in [1.29, 1.82) is 0 Å². The van der Waals surface area contributed by atoms with E-state index in [2.05, 4.69) is 10.2 Å². The van der Waals surface area contributed by atoms with Gasteiger partial charge < -0.3 is 25.7 Å². The van der Waals surface area contributed by atoms with Crippen LogP contribution in [0.1, 0.15) is 43.2 Å². The van der Waals surface area contributed by atoms with Crippen molar-refractivity contribution in [2.45, 2.75) is 67.7 Å². The number of carboxylic acids is 1. The molecule has 0 amide bonds. The van der Waals surface area contributed by atoms with Gasteiger partial charge in [0.05, 0.1) is 18.2 Å². The normalized spacial score (nSPS) is 38.9. The molecule has 3 aliphatic carbocycles. The van der Waals surface area contributed by atoms with Crippen LogP contribution < -0.4 is 5.32 Å². The Morgan fingerprint density at radius 3 is 2.79 bits per heavy atom. The van der Waals surface area contributed by atoms with Crippen LogP contribution >= 0.6 is 0 Å². The van der Waals surface area contributed by atoms with E-state index in [1.165, 1.54) is 12.8 Å². The first-order chi connectivity index (χ1) is 13.8. The summed E-state index contributed by atoms with van der Waals surface area (Å²) < 4.78 is 0. The van der Waals surface area contributed by atoms with E-state index in [1.807, 2.05) is 6.07 Å². The molecule has 5 N–H and O–H groups in total. The molecule has 1 saturated heterocycles. The standard InChI is InChI=1S/C22H30N2O5/c25-15-4-3-14-7-19-22(29)9-17(23-11-20(27)28)18(26)10-21(22,16(14)8-15)5-6-24(19)12-13-1-2-13/h3-4,8,13,17-19,23,25-26,29H,1-2,5-7,9-12H2,(H,27,28)/t17-,18+,19-,21-,22-/m1/s1. The Balaban J connectivity index is 1.56. The Labute approximate surface area is 170 Å². The Bertz CT molecular complexity index is 827. The third kappa shape index (κ3) is 2.98. The molecule has 5 atom stereocenters. The number of phenolic OH excluding ortho intramolecular Hbond substituents is 1. The maximum absolute atomic E-state index is 12.2. The summed E-state index contributed by atoms with van der Waals surface area (Å²) in [5.41, 5.74) is 0.404. The molecule has 5 rings (SSSR count). The van der Waals surface area contributed by atoms with Gasteiger partial charge in [-0.3, -0.25) is 9.69 Å². The number of phenols is 1. The molecular formula is C22H30N2O5. The highest BCUT2D eigenvalue weighted by molar-refractivity contribution is 5.69. The first-order valence-corrected chi connectivity index (χ1v) is 10.7. The minimum Gasteiger partial charge on any atom is -0.508 e. The number of likely N-dealkylation sites (tertiary alicyclic amines) is 1. The van der Waals surface area contributed by atoms with Crippen molar-refractivity contribution in [3.63, 3.8) is 0 Å². The summed E-state index contributed by atoms with van der Waals surface area (Å²) in [6, 6.07) is 4.91. The molecule has 1 aliphatic heterocycles. The predicted molar refractivity (Wildman–Crippen MR) is 106 cm³/mol. The second-order valence-electron chi connectivity index (χ2n) is 9.61. The van der Waals surface area contributed by atoms with E-state index < -0.39 is 29.1 Å². The minimum atomic E-state index is -1.07. The molecule has 3 fully saturated rings. The Morgan fingerprint density at radius 2 is 2.07 bits per heavy atom. The zero-order valence-electron chi connectivity index (χ0n) is 16.5. The number of hydrogen-bond acceptors (Lipinski definition) is 6. The van der Waals surface area contributed by atoms with E-state index in [0.29, 0.717) is 25.2 Å². The number of aromatic hydroxyl groups is 1. The maximum atomic E-state index is 12.2. The Kier molecular flexibility index (Phi) is 4.44. The van der Waals surface area contributed by atoms with Gasteiger partial charge in [-0.25, -0.2) is 0 Å². The van der Waals surface area contributed by atoms with E-state index in [1.54, 1.807) is 12.1 Å². The van der Waals surface area contributed by atoms with Gasteiger partial charge in [0.1, 0.15) is 5.75 Å². The molecule has 2 saturated carbocycles. The van der Waals surface area contributed by atoms with E-state index in [4.69, 9.17) is 5.11 Å². The van der Waals surface area contributed by atoms with Gasteiger partial charge in [0.15, 0.2) is 0 Å². The van der Waals surface area contributed by atoms with Gasteiger partial charge in [-0.15, -0.1) is 0 Å². The van der Waals surface area contributed by atoms with Crippen LogP contribution in [0.2, 0.25) is 0 Å². The number of aliphatic hydroxyl groups is 2. The number of carbonyl (C=O) groups is 1. The first kappa shape index (κ1) is 19.3. The van der Waals surface area contributed by atoms with Crippen LogP contribution in [-0.4, -0.2) is 74.7 Å². The molecule has 1 heterocycles. The lowest BCUT2D eigenvalue weighted by atomic mass is 9.48. The molecule has 0 aromatic heterocycles. The van der Waals surface area contributed by atoms with E-state index in [-0.39, 0.29) is 18.3 Å². The summed E-state index contributed by atoms with van der Waals surface area (Å²) in [6.45, 7) is 1.63. The van der Waals surface area contributed by atoms with E-state index >= 15 is 0 Å². The van der Waals surface area contributed by atoms with Crippen molar-refractivity contribution in [3.05, 3.63) is 29.3 Å². The molecule has 1 aromatic rings. The lowest BCUT2D eigenvalue weighted by molar-refractivity contribution is -0.190. The number of fused-ring (bicyclic) bond motifs is 1. The fourth-order valence-corrected chi connectivity index (χ4v) is 6.36. The maximum Gasteiger partial charge on any atom is 0.317 e. The van der Waals surface area contributed by atoms with Crippen LogP contribution in [0.3, 0.4) is 0 Å². The molecule has 1 aromatic carbocycles.